The molecule has 0 spiro atoms. The molecule has 0 aliphatic carbocycles. The summed E-state index contributed by atoms with van der Waals surface area (Å²) in [5.74, 6) is -1.32. The Bertz CT molecular complexity index is 806. The third kappa shape index (κ3) is 3.38. The van der Waals surface area contributed by atoms with Crippen molar-refractivity contribution in [1.29, 1.82) is 5.26 Å². The first-order chi connectivity index (χ1) is 11.3. The average molecular weight is 328 g/mol. The van der Waals surface area contributed by atoms with Crippen LogP contribution in [-0.4, -0.2) is 33.7 Å². The quantitative estimate of drug-likeness (QED) is 0.818. The summed E-state index contributed by atoms with van der Waals surface area (Å²) in [5, 5.41) is 19.2. The lowest BCUT2D eigenvalue weighted by molar-refractivity contribution is -0.130. The average Bonchev–Trinajstić information content (AvgIpc) is 2.98. The van der Waals surface area contributed by atoms with Crippen molar-refractivity contribution in [1.82, 2.24) is 15.5 Å². The van der Waals surface area contributed by atoms with Gasteiger partial charge in [0.15, 0.2) is 11.8 Å². The van der Waals surface area contributed by atoms with Gasteiger partial charge in [0.2, 0.25) is 0 Å². The molecule has 7 nitrogen and oxygen atoms in total. The van der Waals surface area contributed by atoms with Gasteiger partial charge in [0.1, 0.15) is 5.54 Å². The van der Waals surface area contributed by atoms with Crippen molar-refractivity contribution in [3.63, 3.8) is 0 Å². The zero-order valence-electron chi connectivity index (χ0n) is 14.1. The molecule has 2 N–H and O–H groups in total. The minimum absolute atomic E-state index is 0.0929. The lowest BCUT2D eigenvalue weighted by Crippen LogP contribution is -2.52. The smallest absolute Gasteiger partial charge is 0.360 e. The van der Waals surface area contributed by atoms with Crippen LogP contribution in [-0.2, 0) is 9.53 Å². The highest BCUT2D eigenvalue weighted by molar-refractivity contribution is 6.02. The van der Waals surface area contributed by atoms with Gasteiger partial charge in [0.05, 0.1) is 11.6 Å². The molecule has 126 valence electrons. The molecule has 0 bridgehead atoms. The van der Waals surface area contributed by atoms with Crippen LogP contribution in [0.25, 0.3) is 10.9 Å². The number of amides is 1. The van der Waals surface area contributed by atoms with Gasteiger partial charge in [0.25, 0.3) is 5.91 Å². The Labute approximate surface area is 140 Å². The van der Waals surface area contributed by atoms with Crippen LogP contribution in [0.1, 0.15) is 38.2 Å². The number of H-pyrrole nitrogens is 1. The number of nitrogens with one attached hydrogen (secondary N) is 2. The first kappa shape index (κ1) is 17.5. The predicted octanol–water partition coefficient (Wildman–Crippen LogP) is 2.16. The number of nitriles is 1. The van der Waals surface area contributed by atoms with E-state index in [1.807, 2.05) is 19.9 Å². The lowest BCUT2D eigenvalue weighted by atomic mass is 9.90. The van der Waals surface area contributed by atoms with Gasteiger partial charge in [-0.1, -0.05) is 32.0 Å². The van der Waals surface area contributed by atoms with Crippen molar-refractivity contribution in [2.75, 3.05) is 0 Å². The van der Waals surface area contributed by atoms with E-state index in [2.05, 4.69) is 21.6 Å². The fourth-order valence-corrected chi connectivity index (χ4v) is 2.05. The van der Waals surface area contributed by atoms with Crippen molar-refractivity contribution in [3.05, 3.63) is 30.0 Å². The van der Waals surface area contributed by atoms with Gasteiger partial charge in [-0.2, -0.15) is 10.4 Å². The van der Waals surface area contributed by atoms with Gasteiger partial charge < -0.3 is 10.1 Å². The lowest BCUT2D eigenvalue weighted by Gasteiger charge is -2.28. The fourth-order valence-electron chi connectivity index (χ4n) is 2.05. The Morgan fingerprint density at radius 1 is 1.33 bits per heavy atom. The molecule has 2 atom stereocenters. The van der Waals surface area contributed by atoms with Crippen molar-refractivity contribution < 1.29 is 14.3 Å². The van der Waals surface area contributed by atoms with Gasteiger partial charge in [0, 0.05) is 5.39 Å². The normalized spacial score (nSPS) is 14.7. The summed E-state index contributed by atoms with van der Waals surface area (Å²) in [5.41, 5.74) is -0.202. The Morgan fingerprint density at radius 2 is 2.00 bits per heavy atom. The Balaban J connectivity index is 2.09. The van der Waals surface area contributed by atoms with Crippen LogP contribution in [0.3, 0.4) is 0 Å². The van der Waals surface area contributed by atoms with Gasteiger partial charge in [-0.3, -0.25) is 9.89 Å². The van der Waals surface area contributed by atoms with Gasteiger partial charge in [-0.05, 0) is 25.8 Å². The van der Waals surface area contributed by atoms with Crippen LogP contribution < -0.4 is 5.32 Å². The third-order valence-corrected chi connectivity index (χ3v) is 4.09. The summed E-state index contributed by atoms with van der Waals surface area (Å²) in [6.07, 6.45) is -1.04. The molecule has 0 fully saturated rings. The molecular formula is C17H20N4O3. The van der Waals surface area contributed by atoms with Gasteiger partial charge >= 0.3 is 5.97 Å². The van der Waals surface area contributed by atoms with Crippen molar-refractivity contribution in [2.45, 2.75) is 39.3 Å². The highest BCUT2D eigenvalue weighted by atomic mass is 16.5. The number of benzene rings is 1. The highest BCUT2D eigenvalue weighted by Crippen LogP contribution is 2.18. The molecule has 1 aromatic carbocycles. The molecule has 0 unspecified atom stereocenters. The minimum atomic E-state index is -1.04. The summed E-state index contributed by atoms with van der Waals surface area (Å²) in [6, 6.07) is 9.21. The van der Waals surface area contributed by atoms with E-state index in [-0.39, 0.29) is 11.6 Å². The molecule has 7 heteroatoms. The number of aromatic nitrogens is 2. The first-order valence-electron chi connectivity index (χ1n) is 7.66. The second-order valence-electron chi connectivity index (χ2n) is 6.12. The maximum atomic E-state index is 12.3. The van der Waals surface area contributed by atoms with Crippen molar-refractivity contribution in [3.8, 4) is 6.07 Å². The third-order valence-electron chi connectivity index (χ3n) is 4.09. The molecule has 1 amide bonds. The van der Waals surface area contributed by atoms with E-state index in [0.29, 0.717) is 10.9 Å². The molecular weight excluding hydrogens is 308 g/mol. The molecule has 0 aliphatic heterocycles. The van der Waals surface area contributed by atoms with Gasteiger partial charge in [-0.25, -0.2) is 4.79 Å². The van der Waals surface area contributed by atoms with Crippen LogP contribution in [0.2, 0.25) is 0 Å². The second-order valence-corrected chi connectivity index (χ2v) is 6.12. The van der Waals surface area contributed by atoms with Crippen LogP contribution in [0, 0.1) is 17.2 Å². The number of aromatic amines is 1. The maximum absolute atomic E-state index is 12.3. The Morgan fingerprint density at radius 3 is 2.62 bits per heavy atom. The molecule has 0 aliphatic rings. The van der Waals surface area contributed by atoms with E-state index in [1.54, 1.807) is 25.1 Å². The zero-order valence-corrected chi connectivity index (χ0v) is 14.1. The number of rotatable bonds is 5. The van der Waals surface area contributed by atoms with Gasteiger partial charge in [-0.15, -0.1) is 0 Å². The molecule has 24 heavy (non-hydrogen) atoms. The summed E-state index contributed by atoms with van der Waals surface area (Å²) >= 11 is 0. The van der Waals surface area contributed by atoms with Crippen LogP contribution in [0.4, 0.5) is 0 Å². The van der Waals surface area contributed by atoms with E-state index in [4.69, 9.17) is 4.74 Å². The SMILES string of the molecule is CC(C)[C@](C)(C#N)NC(=O)[C@H](C)OC(=O)c1n[nH]c2ccccc12. The summed E-state index contributed by atoms with van der Waals surface area (Å²) in [6.45, 7) is 6.75. The number of hydrogen-bond acceptors (Lipinski definition) is 5. The molecule has 1 heterocycles. The first-order valence-corrected chi connectivity index (χ1v) is 7.66. The number of carbonyl (C=O) groups excluding carboxylic acids is 2. The van der Waals surface area contributed by atoms with Crippen molar-refractivity contribution in [2.24, 2.45) is 5.92 Å². The Hall–Kier alpha value is -2.88. The fraction of sp³-hybridized carbons (Fsp3) is 0.412. The number of carbonyl (C=O) groups is 2. The van der Waals surface area contributed by atoms with Crippen LogP contribution in [0.5, 0.6) is 0 Å². The number of esters is 1. The highest BCUT2D eigenvalue weighted by Gasteiger charge is 2.33. The summed E-state index contributed by atoms with van der Waals surface area (Å²) < 4.78 is 5.19. The standard InChI is InChI=1S/C17H20N4O3/c1-10(2)17(4,9-18)19-15(22)11(3)24-16(23)14-12-7-5-6-8-13(12)20-21-14/h5-8,10-11H,1-4H3,(H,19,22)(H,20,21)/t11-,17-/m0/s1. The zero-order chi connectivity index (χ0) is 17.9. The van der Waals surface area contributed by atoms with Crippen LogP contribution >= 0.6 is 0 Å². The van der Waals surface area contributed by atoms with E-state index < -0.39 is 23.5 Å². The molecule has 0 saturated carbocycles. The molecule has 0 radical (unpaired) electrons. The Kier molecular flexibility index (Phi) is 4.88. The molecule has 2 aromatic rings. The number of fused-ring (bicyclic) bond motifs is 1. The van der Waals surface area contributed by atoms with E-state index in [9.17, 15) is 14.9 Å². The van der Waals surface area contributed by atoms with E-state index in [0.717, 1.165) is 0 Å². The largest absolute Gasteiger partial charge is 0.448 e. The van der Waals surface area contributed by atoms with E-state index in [1.165, 1.54) is 6.92 Å². The molecule has 2 rings (SSSR count). The van der Waals surface area contributed by atoms with E-state index >= 15 is 0 Å². The number of para-hydroxylation sites is 1. The molecule has 0 saturated heterocycles. The number of ether oxygens (including phenoxy) is 1. The minimum Gasteiger partial charge on any atom is -0.448 e. The summed E-state index contributed by atoms with van der Waals surface area (Å²) in [7, 11) is 0. The molecule has 1 aromatic heterocycles. The van der Waals surface area contributed by atoms with Crippen LogP contribution in [0.15, 0.2) is 24.3 Å². The monoisotopic (exact) mass is 328 g/mol. The maximum Gasteiger partial charge on any atom is 0.360 e. The number of nitrogens with zero attached hydrogens (tertiary/aromatic N) is 2. The number of hydrogen-bond donors (Lipinski definition) is 2. The predicted molar refractivity (Wildman–Crippen MR) is 88.0 cm³/mol. The summed E-state index contributed by atoms with van der Waals surface area (Å²) in [4.78, 5) is 24.5. The topological polar surface area (TPSA) is 108 Å². The van der Waals surface area contributed by atoms with Crippen molar-refractivity contribution >= 4 is 22.8 Å². The second kappa shape index (κ2) is 6.71.